The van der Waals surface area contributed by atoms with Gasteiger partial charge in [-0.05, 0) is 21.9 Å². The Labute approximate surface area is 254 Å². The van der Waals surface area contributed by atoms with Gasteiger partial charge < -0.3 is 0 Å². The molecule has 4 aromatic rings. The Morgan fingerprint density at radius 3 is 1.07 bits per heavy atom. The van der Waals surface area contributed by atoms with Crippen molar-refractivity contribution in [2.24, 2.45) is 0 Å². The monoisotopic (exact) mass is 610 g/mol. The molecule has 8 nitrogen and oxygen atoms in total. The maximum Gasteiger partial charge on any atom is 0.265 e. The maximum absolute atomic E-state index is 12.5. The topological polar surface area (TPSA) is 109 Å². The lowest BCUT2D eigenvalue weighted by Gasteiger charge is -2.16. The lowest BCUT2D eigenvalue weighted by atomic mass is 9.84. The van der Waals surface area contributed by atoms with E-state index in [9.17, 15) is 28.8 Å². The van der Waals surface area contributed by atoms with Crippen LogP contribution in [0, 0.1) is 0 Å². The molecule has 0 saturated carbocycles. The average Bonchev–Trinajstić information content (AvgIpc) is 3.38. The van der Waals surface area contributed by atoms with Crippen molar-refractivity contribution >= 4 is 91.1 Å². The van der Waals surface area contributed by atoms with E-state index in [-0.39, 0.29) is 39.2 Å². The molecule has 0 atom stereocenters. The molecule has 4 aliphatic rings. The van der Waals surface area contributed by atoms with Crippen LogP contribution >= 0.6 is 23.2 Å². The Morgan fingerprint density at radius 2 is 0.744 bits per heavy atom. The molecule has 0 saturated heterocycles. The second-order valence-electron chi connectivity index (χ2n) is 10.0. The second kappa shape index (κ2) is 10.4. The molecular weight excluding hydrogens is 591 g/mol. The minimum absolute atomic E-state index is 0.00343. The summed E-state index contributed by atoms with van der Waals surface area (Å²) in [5, 5.41) is 3.51. The van der Waals surface area contributed by atoms with Gasteiger partial charge in [0.15, 0.2) is 11.6 Å². The highest BCUT2D eigenvalue weighted by Crippen LogP contribution is 2.42. The third-order valence-electron chi connectivity index (χ3n) is 7.87. The van der Waals surface area contributed by atoms with E-state index in [1.165, 1.54) is 14.1 Å². The van der Waals surface area contributed by atoms with Crippen molar-refractivity contribution in [3.63, 3.8) is 0 Å². The normalized spacial score (nSPS) is 16.5. The van der Waals surface area contributed by atoms with Crippen LogP contribution in [0.15, 0.2) is 83.9 Å². The van der Waals surface area contributed by atoms with Crippen LogP contribution < -0.4 is 0 Å². The number of carbonyl (C=O) groups excluding carboxylic acids is 6. The van der Waals surface area contributed by atoms with Crippen LogP contribution in [0.2, 0.25) is 0 Å². The van der Waals surface area contributed by atoms with Gasteiger partial charge in [-0.1, -0.05) is 72.8 Å². The van der Waals surface area contributed by atoms with E-state index in [1.54, 1.807) is 36.4 Å². The zero-order valence-electron chi connectivity index (χ0n) is 22.7. The fourth-order valence-electron chi connectivity index (χ4n) is 5.95. The third kappa shape index (κ3) is 3.98. The van der Waals surface area contributed by atoms with Crippen LogP contribution in [0.1, 0.15) is 31.8 Å². The fourth-order valence-corrected chi connectivity index (χ4v) is 5.95. The number of benzene rings is 4. The Hall–Kier alpha value is -4.92. The molecular formula is C33H20Cl2N2O6. The highest BCUT2D eigenvalue weighted by atomic mass is 35.5. The highest BCUT2D eigenvalue weighted by Gasteiger charge is 2.45. The molecule has 43 heavy (non-hydrogen) atoms. The molecule has 0 aromatic heterocycles. The number of amides is 4. The predicted molar refractivity (Wildman–Crippen MR) is 163 cm³/mol. The molecule has 0 bridgehead atoms. The molecule has 2 aliphatic carbocycles. The average molecular weight is 611 g/mol. The van der Waals surface area contributed by atoms with Gasteiger partial charge in [-0.2, -0.15) is 0 Å². The minimum Gasteiger partial charge on any atom is -0.288 e. The number of fused-ring (bicyclic) bond motifs is 2. The van der Waals surface area contributed by atoms with E-state index >= 15 is 0 Å². The number of alkyl halides is 2. The van der Waals surface area contributed by atoms with Gasteiger partial charge in [0.2, 0.25) is 0 Å². The number of hydrogen-bond acceptors (Lipinski definition) is 6. The highest BCUT2D eigenvalue weighted by molar-refractivity contribution is 6.51. The summed E-state index contributed by atoms with van der Waals surface area (Å²) >= 11 is 9.53. The predicted octanol–water partition coefficient (Wildman–Crippen LogP) is 5.00. The molecule has 4 amide bonds. The van der Waals surface area contributed by atoms with Crippen molar-refractivity contribution in [1.82, 2.24) is 9.80 Å². The molecule has 2 aliphatic heterocycles. The number of Topliss-reactive ketones (excluding diaryl/α,β-unsaturated/α-hetero) is 2. The molecule has 0 fully saturated rings. The van der Waals surface area contributed by atoms with Crippen molar-refractivity contribution < 1.29 is 28.8 Å². The first-order valence-corrected chi connectivity index (χ1v) is 14.1. The van der Waals surface area contributed by atoms with E-state index < -0.39 is 23.6 Å². The van der Waals surface area contributed by atoms with E-state index in [0.29, 0.717) is 22.3 Å². The summed E-state index contributed by atoms with van der Waals surface area (Å²) in [6.45, 7) is 0. The Bertz CT molecular complexity index is 1920. The van der Waals surface area contributed by atoms with Crippen molar-refractivity contribution in [2.45, 2.75) is 0 Å². The molecule has 4 aromatic carbocycles. The first-order chi connectivity index (χ1) is 20.6. The Balaban J connectivity index is 0.000000141. The van der Waals surface area contributed by atoms with Crippen LogP contribution in [-0.4, -0.2) is 64.4 Å². The van der Waals surface area contributed by atoms with Crippen LogP contribution in [0.25, 0.3) is 32.7 Å². The molecule has 0 unspecified atom stereocenters. The summed E-state index contributed by atoms with van der Waals surface area (Å²) in [4.78, 5) is 75.8. The summed E-state index contributed by atoms with van der Waals surface area (Å²) < 4.78 is 0. The number of carbonyl (C=O) groups is 6. The summed E-state index contributed by atoms with van der Waals surface area (Å²) in [5.41, 5.74) is 2.83. The number of rotatable bonds is 0. The first-order valence-electron chi connectivity index (χ1n) is 13.0. The van der Waals surface area contributed by atoms with E-state index in [4.69, 9.17) is 23.2 Å². The van der Waals surface area contributed by atoms with E-state index in [2.05, 4.69) is 0 Å². The number of nitrogens with zero attached hydrogens (tertiary/aromatic N) is 2. The smallest absolute Gasteiger partial charge is 0.265 e. The van der Waals surface area contributed by atoms with Crippen LogP contribution in [0.3, 0.4) is 0 Å². The number of hydrogen-bond donors (Lipinski definition) is 0. The van der Waals surface area contributed by atoms with Crippen LogP contribution in [0.5, 0.6) is 0 Å². The lowest BCUT2D eigenvalue weighted by Crippen LogP contribution is -2.27. The summed E-state index contributed by atoms with van der Waals surface area (Å²) in [6, 6.07) is 21.8. The molecule has 2 heterocycles. The SMILES string of the molecule is CN1C(=O)C2=C(C1=O)c1cccc3cccc(c13)C2=O.CN1C(=O)C2=C(C1=O)c1cccc3cccc(c13)C2=O.ClCCl. The molecule has 0 N–H and O–H groups in total. The molecule has 8 rings (SSSR count). The van der Waals surface area contributed by atoms with Crippen molar-refractivity contribution in [2.75, 3.05) is 19.4 Å². The quantitative estimate of drug-likeness (QED) is 0.157. The second-order valence-corrected chi connectivity index (χ2v) is 10.8. The van der Waals surface area contributed by atoms with Crippen molar-refractivity contribution in [3.05, 3.63) is 106 Å². The molecule has 10 heteroatoms. The van der Waals surface area contributed by atoms with Crippen LogP contribution in [-0.2, 0) is 19.2 Å². The van der Waals surface area contributed by atoms with Gasteiger partial charge in [-0.3, -0.25) is 38.6 Å². The zero-order valence-corrected chi connectivity index (χ0v) is 24.2. The number of imide groups is 2. The summed E-state index contributed by atoms with van der Waals surface area (Å²) in [6.07, 6.45) is 0. The van der Waals surface area contributed by atoms with E-state index in [0.717, 1.165) is 31.3 Å². The maximum atomic E-state index is 12.5. The van der Waals surface area contributed by atoms with Gasteiger partial charge in [0.1, 0.15) is 11.1 Å². The molecule has 212 valence electrons. The Kier molecular flexibility index (Phi) is 6.83. The van der Waals surface area contributed by atoms with Gasteiger partial charge in [0.05, 0.1) is 16.5 Å². The van der Waals surface area contributed by atoms with Gasteiger partial charge in [-0.15, -0.1) is 23.2 Å². The number of ketones is 2. The first kappa shape index (κ1) is 28.2. The van der Waals surface area contributed by atoms with Crippen LogP contribution in [0.4, 0.5) is 0 Å². The third-order valence-corrected chi connectivity index (χ3v) is 7.87. The van der Waals surface area contributed by atoms with Gasteiger partial charge >= 0.3 is 0 Å². The van der Waals surface area contributed by atoms with Gasteiger partial charge in [-0.25, -0.2) is 0 Å². The minimum atomic E-state index is -0.512. The molecule has 0 radical (unpaired) electrons. The lowest BCUT2D eigenvalue weighted by molar-refractivity contribution is -0.136. The Morgan fingerprint density at radius 1 is 0.465 bits per heavy atom. The largest absolute Gasteiger partial charge is 0.288 e. The van der Waals surface area contributed by atoms with Gasteiger partial charge in [0.25, 0.3) is 23.6 Å². The fraction of sp³-hybridized carbons (Fsp3) is 0.0909. The number of likely N-dealkylation sites (N-methyl/N-ethyl adjacent to an activating group) is 2. The molecule has 0 spiro atoms. The van der Waals surface area contributed by atoms with Crippen molar-refractivity contribution in [1.29, 1.82) is 0 Å². The van der Waals surface area contributed by atoms with Crippen molar-refractivity contribution in [3.8, 4) is 0 Å². The standard InChI is InChI=1S/2C16H9NO3.CH2Cl2/c2*1-17-15(19)12-9-6-2-4-8-5-3-7-10(11(8)9)14(18)13(12)16(17)20;2-1-3/h2*2-7H,1H3;1H2. The van der Waals surface area contributed by atoms with Gasteiger partial charge in [0, 0.05) is 36.0 Å². The zero-order chi connectivity index (χ0) is 30.7. The van der Waals surface area contributed by atoms with E-state index in [1.807, 2.05) is 36.4 Å². The number of halogens is 2. The summed E-state index contributed by atoms with van der Waals surface area (Å²) in [5.74, 6) is -2.54. The summed E-state index contributed by atoms with van der Waals surface area (Å²) in [7, 11) is 2.81.